The molecule has 1 heterocycles. The second-order valence-electron chi connectivity index (χ2n) is 3.83. The molecule has 1 aromatic carbocycles. The van der Waals surface area contributed by atoms with E-state index in [4.69, 9.17) is 40.5 Å². The smallest absolute Gasteiger partial charge is 0.271 e. The SMILES string of the molecule is NCc1csc(S(=O)(=O)Nc2cc(Cl)c(Cl)cc2Cl)c1. The van der Waals surface area contributed by atoms with Crippen LogP contribution in [0.4, 0.5) is 5.69 Å². The Labute approximate surface area is 135 Å². The standard InChI is InChI=1S/C11H9Cl3N2O2S2/c12-7-2-9(14)10(3-8(7)13)16-20(17,18)11-1-6(4-15)5-19-11/h1-3,5,16H,4,15H2. The third-order valence-corrected chi connectivity index (χ3v) is 6.27. The molecule has 0 unspecified atom stereocenters. The summed E-state index contributed by atoms with van der Waals surface area (Å²) in [6.07, 6.45) is 0. The topological polar surface area (TPSA) is 72.2 Å². The van der Waals surface area contributed by atoms with Gasteiger partial charge in [0.1, 0.15) is 4.21 Å². The Morgan fingerprint density at radius 3 is 2.35 bits per heavy atom. The monoisotopic (exact) mass is 370 g/mol. The van der Waals surface area contributed by atoms with E-state index in [0.717, 1.165) is 16.9 Å². The quantitative estimate of drug-likeness (QED) is 0.799. The molecule has 0 atom stereocenters. The summed E-state index contributed by atoms with van der Waals surface area (Å²) in [7, 11) is -3.73. The van der Waals surface area contributed by atoms with E-state index in [0.29, 0.717) is 0 Å². The third kappa shape index (κ3) is 3.39. The molecule has 3 N–H and O–H groups in total. The van der Waals surface area contributed by atoms with Gasteiger partial charge in [-0.2, -0.15) is 0 Å². The second kappa shape index (κ2) is 6.09. The number of nitrogens with one attached hydrogen (secondary N) is 1. The van der Waals surface area contributed by atoms with Crippen molar-refractivity contribution in [2.75, 3.05) is 4.72 Å². The van der Waals surface area contributed by atoms with Crippen molar-refractivity contribution < 1.29 is 8.42 Å². The van der Waals surface area contributed by atoms with Crippen molar-refractivity contribution in [2.45, 2.75) is 10.8 Å². The van der Waals surface area contributed by atoms with Gasteiger partial charge in [0.25, 0.3) is 10.0 Å². The molecule has 1 aromatic heterocycles. The first-order valence-electron chi connectivity index (χ1n) is 5.28. The molecule has 9 heteroatoms. The Bertz CT molecular complexity index is 744. The van der Waals surface area contributed by atoms with Crippen LogP contribution in [0.1, 0.15) is 5.56 Å². The van der Waals surface area contributed by atoms with Crippen molar-refractivity contribution >= 4 is 61.9 Å². The molecule has 2 aromatic rings. The number of sulfonamides is 1. The molecular weight excluding hydrogens is 363 g/mol. The highest BCUT2D eigenvalue weighted by Gasteiger charge is 2.19. The van der Waals surface area contributed by atoms with Gasteiger partial charge in [0, 0.05) is 6.54 Å². The number of hydrogen-bond donors (Lipinski definition) is 2. The van der Waals surface area contributed by atoms with Gasteiger partial charge in [0.05, 0.1) is 20.8 Å². The van der Waals surface area contributed by atoms with Gasteiger partial charge in [-0.15, -0.1) is 11.3 Å². The lowest BCUT2D eigenvalue weighted by atomic mass is 10.3. The Morgan fingerprint density at radius 2 is 1.75 bits per heavy atom. The molecule has 0 aliphatic rings. The van der Waals surface area contributed by atoms with Crippen molar-refractivity contribution in [1.82, 2.24) is 0 Å². The van der Waals surface area contributed by atoms with Crippen molar-refractivity contribution in [3.05, 3.63) is 44.2 Å². The van der Waals surface area contributed by atoms with Gasteiger partial charge in [0.15, 0.2) is 0 Å². The largest absolute Gasteiger partial charge is 0.326 e. The average molecular weight is 372 g/mol. The van der Waals surface area contributed by atoms with Crippen LogP contribution in [0.15, 0.2) is 27.8 Å². The Balaban J connectivity index is 2.35. The van der Waals surface area contributed by atoms with Crippen molar-refractivity contribution in [1.29, 1.82) is 0 Å². The summed E-state index contributed by atoms with van der Waals surface area (Å²) < 4.78 is 26.9. The molecule has 0 aliphatic heterocycles. The maximum atomic E-state index is 12.2. The van der Waals surface area contributed by atoms with Crippen LogP contribution < -0.4 is 10.5 Å². The van der Waals surface area contributed by atoms with E-state index >= 15 is 0 Å². The maximum absolute atomic E-state index is 12.2. The first-order valence-corrected chi connectivity index (χ1v) is 8.78. The van der Waals surface area contributed by atoms with Crippen LogP contribution >= 0.6 is 46.1 Å². The van der Waals surface area contributed by atoms with Crippen molar-refractivity contribution in [2.24, 2.45) is 5.73 Å². The minimum absolute atomic E-state index is 0.153. The summed E-state index contributed by atoms with van der Waals surface area (Å²) in [6, 6.07) is 4.25. The molecule has 2 rings (SSSR count). The van der Waals surface area contributed by atoms with Crippen LogP contribution in [0.2, 0.25) is 15.1 Å². The van der Waals surface area contributed by atoms with E-state index < -0.39 is 10.0 Å². The molecule has 0 saturated carbocycles. The maximum Gasteiger partial charge on any atom is 0.271 e. The highest BCUT2D eigenvalue weighted by atomic mass is 35.5. The third-order valence-electron chi connectivity index (χ3n) is 2.38. The summed E-state index contributed by atoms with van der Waals surface area (Å²) in [5.74, 6) is 0. The Kier molecular flexibility index (Phi) is 4.84. The fraction of sp³-hybridized carbons (Fsp3) is 0.0909. The molecular formula is C11H9Cl3N2O2S2. The second-order valence-corrected chi connectivity index (χ2v) is 7.87. The summed E-state index contributed by atoms with van der Waals surface area (Å²) in [4.78, 5) is 0. The van der Waals surface area contributed by atoms with Gasteiger partial charge in [-0.3, -0.25) is 4.72 Å². The van der Waals surface area contributed by atoms with Crippen LogP contribution in [0.25, 0.3) is 0 Å². The Hall–Kier alpha value is -0.500. The van der Waals surface area contributed by atoms with E-state index in [9.17, 15) is 8.42 Å². The Morgan fingerprint density at radius 1 is 1.10 bits per heavy atom. The van der Waals surface area contributed by atoms with E-state index in [1.165, 1.54) is 18.2 Å². The molecule has 4 nitrogen and oxygen atoms in total. The molecule has 20 heavy (non-hydrogen) atoms. The summed E-state index contributed by atoms with van der Waals surface area (Å²) >= 11 is 18.7. The van der Waals surface area contributed by atoms with E-state index in [1.807, 2.05) is 0 Å². The lowest BCUT2D eigenvalue weighted by Gasteiger charge is -2.09. The van der Waals surface area contributed by atoms with Gasteiger partial charge in [-0.25, -0.2) is 8.42 Å². The molecule has 0 amide bonds. The first kappa shape index (κ1) is 15.9. The van der Waals surface area contributed by atoms with Gasteiger partial charge < -0.3 is 5.73 Å². The summed E-state index contributed by atoms with van der Waals surface area (Å²) in [5.41, 5.74) is 6.37. The van der Waals surface area contributed by atoms with Gasteiger partial charge >= 0.3 is 0 Å². The van der Waals surface area contributed by atoms with E-state index in [-0.39, 0.29) is 31.5 Å². The number of anilines is 1. The number of thiophene rings is 1. The predicted molar refractivity (Wildman–Crippen MR) is 84.5 cm³/mol. The van der Waals surface area contributed by atoms with Gasteiger partial charge in [-0.1, -0.05) is 34.8 Å². The molecule has 0 bridgehead atoms. The van der Waals surface area contributed by atoms with Crippen LogP contribution in [0.5, 0.6) is 0 Å². The molecule has 0 spiro atoms. The fourth-order valence-electron chi connectivity index (χ4n) is 1.40. The normalized spacial score (nSPS) is 11.6. The van der Waals surface area contributed by atoms with Gasteiger partial charge in [0.2, 0.25) is 0 Å². The molecule has 0 aliphatic carbocycles. The molecule has 0 saturated heterocycles. The minimum atomic E-state index is -3.73. The fourth-order valence-corrected chi connectivity index (χ4v) is 4.34. The van der Waals surface area contributed by atoms with Crippen LogP contribution in [-0.4, -0.2) is 8.42 Å². The number of hydrogen-bond acceptors (Lipinski definition) is 4. The van der Waals surface area contributed by atoms with Crippen LogP contribution in [0, 0.1) is 0 Å². The molecule has 0 radical (unpaired) electrons. The zero-order valence-electron chi connectivity index (χ0n) is 9.86. The average Bonchev–Trinajstić information content (AvgIpc) is 2.85. The molecule has 108 valence electrons. The van der Waals surface area contributed by atoms with Crippen LogP contribution in [-0.2, 0) is 16.6 Å². The number of benzene rings is 1. The predicted octanol–water partition coefficient (Wildman–Crippen LogP) is 3.97. The highest BCUT2D eigenvalue weighted by Crippen LogP contribution is 2.34. The van der Waals surface area contributed by atoms with Crippen molar-refractivity contribution in [3.8, 4) is 0 Å². The lowest BCUT2D eigenvalue weighted by molar-refractivity contribution is 0.603. The van der Waals surface area contributed by atoms with Crippen LogP contribution in [0.3, 0.4) is 0 Å². The molecule has 0 fully saturated rings. The number of nitrogens with two attached hydrogens (primary N) is 1. The highest BCUT2D eigenvalue weighted by molar-refractivity contribution is 7.94. The van der Waals surface area contributed by atoms with Gasteiger partial charge in [-0.05, 0) is 29.1 Å². The first-order chi connectivity index (χ1) is 9.33. The van der Waals surface area contributed by atoms with E-state index in [2.05, 4.69) is 4.72 Å². The lowest BCUT2D eigenvalue weighted by Crippen LogP contribution is -2.12. The zero-order valence-corrected chi connectivity index (χ0v) is 13.8. The minimum Gasteiger partial charge on any atom is -0.326 e. The van der Waals surface area contributed by atoms with E-state index in [1.54, 1.807) is 5.38 Å². The number of halogens is 3. The summed E-state index contributed by atoms with van der Waals surface area (Å²) in [6.45, 7) is 0.277. The summed E-state index contributed by atoms with van der Waals surface area (Å²) in [5, 5.41) is 2.31. The number of rotatable bonds is 4. The van der Waals surface area contributed by atoms with Crippen molar-refractivity contribution in [3.63, 3.8) is 0 Å². The zero-order chi connectivity index (χ0) is 14.9.